The van der Waals surface area contributed by atoms with Gasteiger partial charge in [-0.3, -0.25) is 0 Å². The molecule has 2 unspecified atom stereocenters. The lowest BCUT2D eigenvalue weighted by molar-refractivity contribution is 0.164. The Morgan fingerprint density at radius 2 is 2.08 bits per heavy atom. The number of aliphatic hydroxyl groups excluding tert-OH is 1. The molecule has 0 aliphatic heterocycles. The second-order valence-corrected chi connectivity index (χ2v) is 2.98. The van der Waals surface area contributed by atoms with Crippen molar-refractivity contribution in [1.29, 1.82) is 0 Å². The molecule has 0 aliphatic rings. The molecular formula is C9H12FNO2. The Bertz CT molecular complexity index is 302. The van der Waals surface area contributed by atoms with E-state index in [1.807, 2.05) is 0 Å². The third kappa shape index (κ3) is 2.17. The molecule has 4 N–H and O–H groups in total. The van der Waals surface area contributed by atoms with Gasteiger partial charge in [0.2, 0.25) is 0 Å². The Hall–Kier alpha value is -1.13. The van der Waals surface area contributed by atoms with Gasteiger partial charge in [-0.2, -0.15) is 0 Å². The van der Waals surface area contributed by atoms with Crippen LogP contribution in [0.25, 0.3) is 0 Å². The van der Waals surface area contributed by atoms with Crippen LogP contribution in [0.2, 0.25) is 0 Å². The molecule has 72 valence electrons. The first kappa shape index (κ1) is 9.95. The quantitative estimate of drug-likeness (QED) is 0.641. The summed E-state index contributed by atoms with van der Waals surface area (Å²) in [5, 5.41) is 18.0. The van der Waals surface area contributed by atoms with Gasteiger partial charge in [-0.25, -0.2) is 4.39 Å². The molecule has 0 fully saturated rings. The highest BCUT2D eigenvalue weighted by Crippen LogP contribution is 2.21. The molecule has 4 heteroatoms. The molecular weight excluding hydrogens is 173 g/mol. The number of aromatic hydroxyl groups is 1. The van der Waals surface area contributed by atoms with Crippen molar-refractivity contribution in [1.82, 2.24) is 0 Å². The van der Waals surface area contributed by atoms with Crippen molar-refractivity contribution in [2.75, 3.05) is 0 Å². The molecule has 0 spiro atoms. The lowest BCUT2D eigenvalue weighted by atomic mass is 10.0. The van der Waals surface area contributed by atoms with Crippen molar-refractivity contribution in [3.05, 3.63) is 29.6 Å². The number of phenols is 1. The topological polar surface area (TPSA) is 66.5 Å². The summed E-state index contributed by atoms with van der Waals surface area (Å²) < 4.78 is 12.8. The highest BCUT2D eigenvalue weighted by molar-refractivity contribution is 5.30. The van der Waals surface area contributed by atoms with Crippen molar-refractivity contribution in [2.24, 2.45) is 5.73 Å². The summed E-state index contributed by atoms with van der Waals surface area (Å²) >= 11 is 0. The highest BCUT2D eigenvalue weighted by Gasteiger charge is 2.13. The van der Waals surface area contributed by atoms with Crippen molar-refractivity contribution < 1.29 is 14.6 Å². The number of benzene rings is 1. The van der Waals surface area contributed by atoms with E-state index in [4.69, 9.17) is 15.9 Å². The first-order chi connectivity index (χ1) is 6.02. The van der Waals surface area contributed by atoms with E-state index in [2.05, 4.69) is 0 Å². The molecule has 0 aliphatic carbocycles. The molecule has 3 nitrogen and oxygen atoms in total. The van der Waals surface area contributed by atoms with Crippen molar-refractivity contribution >= 4 is 0 Å². The largest absolute Gasteiger partial charge is 0.505 e. The van der Waals surface area contributed by atoms with Gasteiger partial charge >= 0.3 is 0 Å². The number of nitrogens with two attached hydrogens (primary N) is 1. The van der Waals surface area contributed by atoms with Crippen LogP contribution >= 0.6 is 0 Å². The van der Waals surface area contributed by atoms with Crippen LogP contribution in [-0.2, 0) is 0 Å². The Morgan fingerprint density at radius 1 is 1.46 bits per heavy atom. The summed E-state index contributed by atoms with van der Waals surface area (Å²) in [7, 11) is 0. The van der Waals surface area contributed by atoms with E-state index in [1.54, 1.807) is 0 Å². The van der Waals surface area contributed by atoms with Gasteiger partial charge in [0.1, 0.15) is 0 Å². The maximum absolute atomic E-state index is 12.8. The molecule has 0 saturated carbocycles. The fraction of sp³-hybridized carbons (Fsp3) is 0.333. The van der Waals surface area contributed by atoms with Crippen LogP contribution in [0.3, 0.4) is 0 Å². The Morgan fingerprint density at radius 3 is 2.54 bits per heavy atom. The maximum atomic E-state index is 12.8. The van der Waals surface area contributed by atoms with E-state index in [9.17, 15) is 4.39 Å². The van der Waals surface area contributed by atoms with E-state index in [-0.39, 0.29) is 0 Å². The van der Waals surface area contributed by atoms with Crippen LogP contribution in [0.5, 0.6) is 5.75 Å². The number of aliphatic hydroxyl groups is 1. The van der Waals surface area contributed by atoms with E-state index >= 15 is 0 Å². The van der Waals surface area contributed by atoms with Gasteiger partial charge in [0, 0.05) is 0 Å². The van der Waals surface area contributed by atoms with Gasteiger partial charge in [-0.15, -0.1) is 0 Å². The van der Waals surface area contributed by atoms with Gasteiger partial charge in [-0.05, 0) is 24.6 Å². The number of phenolic OH excluding ortho intramolecular Hbond substituents is 1. The normalized spacial score (nSPS) is 15.4. The second-order valence-electron chi connectivity index (χ2n) is 2.98. The third-order valence-electron chi connectivity index (χ3n) is 1.88. The minimum atomic E-state index is -0.746. The molecule has 0 radical (unpaired) electrons. The molecule has 13 heavy (non-hydrogen) atoms. The maximum Gasteiger partial charge on any atom is 0.165 e. The van der Waals surface area contributed by atoms with Crippen molar-refractivity contribution in [2.45, 2.75) is 19.1 Å². The van der Waals surface area contributed by atoms with Gasteiger partial charge in [0.15, 0.2) is 11.6 Å². The molecule has 1 aromatic carbocycles. The number of rotatable bonds is 2. The SMILES string of the molecule is CC(O)C(N)c1ccc(O)c(F)c1. The molecule has 0 saturated heterocycles. The van der Waals surface area contributed by atoms with Crippen molar-refractivity contribution in [3.8, 4) is 5.75 Å². The lowest BCUT2D eigenvalue weighted by Gasteiger charge is -2.14. The average molecular weight is 185 g/mol. The van der Waals surface area contributed by atoms with Crippen molar-refractivity contribution in [3.63, 3.8) is 0 Å². The number of hydrogen-bond donors (Lipinski definition) is 3. The molecule has 0 amide bonds. The van der Waals surface area contributed by atoms with Gasteiger partial charge in [0.25, 0.3) is 0 Å². The van der Waals surface area contributed by atoms with E-state index in [1.165, 1.54) is 19.1 Å². The molecule has 0 aromatic heterocycles. The van der Waals surface area contributed by atoms with Gasteiger partial charge in [0.05, 0.1) is 12.1 Å². The Labute approximate surface area is 75.6 Å². The van der Waals surface area contributed by atoms with Crippen LogP contribution in [0.15, 0.2) is 18.2 Å². The second kappa shape index (κ2) is 3.72. The summed E-state index contributed by atoms with van der Waals surface area (Å²) in [4.78, 5) is 0. The van der Waals surface area contributed by atoms with E-state index in [0.29, 0.717) is 5.56 Å². The minimum Gasteiger partial charge on any atom is -0.505 e. The zero-order chi connectivity index (χ0) is 10.0. The van der Waals surface area contributed by atoms with E-state index < -0.39 is 23.7 Å². The van der Waals surface area contributed by atoms with E-state index in [0.717, 1.165) is 6.07 Å². The van der Waals surface area contributed by atoms with Crippen LogP contribution in [0.1, 0.15) is 18.5 Å². The Balaban J connectivity index is 2.97. The zero-order valence-electron chi connectivity index (χ0n) is 7.24. The summed E-state index contributed by atoms with van der Waals surface area (Å²) in [5.41, 5.74) is 6.02. The fourth-order valence-corrected chi connectivity index (χ4v) is 1.01. The molecule has 0 bridgehead atoms. The first-order valence-electron chi connectivity index (χ1n) is 3.94. The molecule has 2 atom stereocenters. The van der Waals surface area contributed by atoms with Crippen LogP contribution in [0.4, 0.5) is 4.39 Å². The molecule has 1 aromatic rings. The smallest absolute Gasteiger partial charge is 0.165 e. The number of hydrogen-bond acceptors (Lipinski definition) is 3. The summed E-state index contributed by atoms with van der Waals surface area (Å²) in [5.74, 6) is -1.14. The zero-order valence-corrected chi connectivity index (χ0v) is 7.24. The number of halogens is 1. The minimum absolute atomic E-state index is 0.415. The average Bonchev–Trinajstić information content (AvgIpc) is 2.08. The van der Waals surface area contributed by atoms with Crippen LogP contribution in [-0.4, -0.2) is 16.3 Å². The third-order valence-corrected chi connectivity index (χ3v) is 1.88. The summed E-state index contributed by atoms with van der Waals surface area (Å²) in [6.07, 6.45) is -0.746. The monoisotopic (exact) mass is 185 g/mol. The van der Waals surface area contributed by atoms with Crippen LogP contribution < -0.4 is 5.73 Å². The lowest BCUT2D eigenvalue weighted by Crippen LogP contribution is -2.23. The first-order valence-corrected chi connectivity index (χ1v) is 3.94. The Kier molecular flexibility index (Phi) is 2.85. The van der Waals surface area contributed by atoms with Crippen LogP contribution in [0, 0.1) is 5.82 Å². The fourth-order valence-electron chi connectivity index (χ4n) is 1.01. The van der Waals surface area contributed by atoms with Gasteiger partial charge < -0.3 is 15.9 Å². The summed E-state index contributed by atoms with van der Waals surface area (Å²) in [6.45, 7) is 1.52. The highest BCUT2D eigenvalue weighted by atomic mass is 19.1. The molecule has 0 heterocycles. The molecule has 1 rings (SSSR count). The predicted octanol–water partition coefficient (Wildman–Crippen LogP) is 0.912. The van der Waals surface area contributed by atoms with Gasteiger partial charge in [-0.1, -0.05) is 6.07 Å². The standard InChI is InChI=1S/C9H12FNO2/c1-5(12)9(11)6-2-3-8(13)7(10)4-6/h2-5,9,12-13H,11H2,1H3. The predicted molar refractivity (Wildman–Crippen MR) is 46.7 cm³/mol. The summed E-state index contributed by atoms with van der Waals surface area (Å²) in [6, 6.07) is 3.19.